The van der Waals surface area contributed by atoms with E-state index in [-0.39, 0.29) is 12.4 Å². The van der Waals surface area contributed by atoms with Gasteiger partial charge in [0.2, 0.25) is 0 Å². The van der Waals surface area contributed by atoms with Crippen molar-refractivity contribution in [2.75, 3.05) is 6.61 Å². The van der Waals surface area contributed by atoms with Crippen molar-refractivity contribution in [2.45, 2.75) is 88.9 Å². The molecule has 2 saturated carbocycles. The van der Waals surface area contributed by atoms with Crippen LogP contribution in [-0.4, -0.2) is 33.5 Å². The third kappa shape index (κ3) is 5.04. The van der Waals surface area contributed by atoms with E-state index < -0.39 is 6.10 Å². The number of rotatable bonds is 6. The maximum atomic E-state index is 10.7. The van der Waals surface area contributed by atoms with Crippen LogP contribution in [0.4, 0.5) is 0 Å². The van der Waals surface area contributed by atoms with Crippen LogP contribution in [0.3, 0.4) is 0 Å². The Balaban J connectivity index is 0.00000210. The number of benzene rings is 1. The van der Waals surface area contributed by atoms with Gasteiger partial charge in [-0.3, -0.25) is 0 Å². The first-order valence-corrected chi connectivity index (χ1v) is 10.6. The Morgan fingerprint density at radius 3 is 2.41 bits per heavy atom. The Morgan fingerprint density at radius 2 is 1.67 bits per heavy atom. The lowest BCUT2D eigenvalue weighted by atomic mass is 9.88. The molecule has 5 heteroatoms. The summed E-state index contributed by atoms with van der Waals surface area (Å²) in [5.41, 5.74) is 2.19. The van der Waals surface area contributed by atoms with Gasteiger partial charge in [-0.05, 0) is 37.8 Å². The third-order valence-corrected chi connectivity index (χ3v) is 6.12. The predicted molar refractivity (Wildman–Crippen MR) is 112 cm³/mol. The lowest BCUT2D eigenvalue weighted by Crippen LogP contribution is -2.28. The summed E-state index contributed by atoms with van der Waals surface area (Å²) in [6.07, 6.45) is 12.4. The van der Waals surface area contributed by atoms with Gasteiger partial charge in [0.05, 0.1) is 36.4 Å². The molecule has 1 aromatic carbocycles. The van der Waals surface area contributed by atoms with Crippen LogP contribution < -0.4 is 0 Å². The van der Waals surface area contributed by atoms with E-state index in [2.05, 4.69) is 22.8 Å². The summed E-state index contributed by atoms with van der Waals surface area (Å²) in [5.74, 6) is 1.70. The molecule has 1 aromatic heterocycles. The van der Waals surface area contributed by atoms with E-state index in [1.54, 1.807) is 0 Å². The molecular weight excluding hydrogens is 360 g/mol. The highest BCUT2D eigenvalue weighted by Gasteiger charge is 2.24. The number of para-hydroxylation sites is 2. The van der Waals surface area contributed by atoms with E-state index in [0.717, 1.165) is 23.9 Å². The summed E-state index contributed by atoms with van der Waals surface area (Å²) in [6, 6.07) is 8.33. The molecule has 150 valence electrons. The maximum absolute atomic E-state index is 10.7. The lowest BCUT2D eigenvalue weighted by Gasteiger charge is -2.25. The molecule has 1 atom stereocenters. The Morgan fingerprint density at radius 1 is 1.00 bits per heavy atom. The number of aliphatic hydroxyl groups is 1. The smallest absolute Gasteiger partial charge is 0.113 e. The summed E-state index contributed by atoms with van der Waals surface area (Å²) in [4.78, 5) is 4.95. The number of nitrogens with zero attached hydrogens (tertiary/aromatic N) is 2. The number of halogens is 1. The van der Waals surface area contributed by atoms with Crippen molar-refractivity contribution in [1.29, 1.82) is 0 Å². The number of imidazole rings is 1. The lowest BCUT2D eigenvalue weighted by molar-refractivity contribution is -0.0283. The predicted octanol–water partition coefficient (Wildman–Crippen LogP) is 5.22. The minimum atomic E-state index is -0.475. The fraction of sp³-hybridized carbons (Fsp3) is 0.682. The first kappa shape index (κ1) is 20.6. The van der Waals surface area contributed by atoms with E-state index in [0.29, 0.717) is 25.2 Å². The summed E-state index contributed by atoms with van der Waals surface area (Å²) >= 11 is 0. The molecule has 0 amide bonds. The summed E-state index contributed by atoms with van der Waals surface area (Å²) in [7, 11) is 0. The number of fused-ring (bicyclic) bond motifs is 1. The van der Waals surface area contributed by atoms with Crippen molar-refractivity contribution in [3.05, 3.63) is 30.1 Å². The molecule has 4 nitrogen and oxygen atoms in total. The van der Waals surface area contributed by atoms with Crippen molar-refractivity contribution in [3.8, 4) is 0 Å². The minimum absolute atomic E-state index is 0. The zero-order chi connectivity index (χ0) is 17.8. The van der Waals surface area contributed by atoms with Crippen LogP contribution in [0.25, 0.3) is 11.0 Å². The third-order valence-electron chi connectivity index (χ3n) is 6.12. The van der Waals surface area contributed by atoms with Crippen LogP contribution in [0.5, 0.6) is 0 Å². The average molecular weight is 393 g/mol. The first-order valence-electron chi connectivity index (χ1n) is 10.6. The van der Waals surface area contributed by atoms with Gasteiger partial charge in [0, 0.05) is 5.92 Å². The fourth-order valence-corrected chi connectivity index (χ4v) is 4.70. The number of hydrogen-bond donors (Lipinski definition) is 1. The van der Waals surface area contributed by atoms with E-state index in [1.165, 1.54) is 57.2 Å². The SMILES string of the molecule is Cl.OC(COC1CCCCC1)Cn1c(C2CCCCC2)nc2ccccc21. The monoisotopic (exact) mass is 392 g/mol. The highest BCUT2D eigenvalue weighted by atomic mass is 35.5. The summed E-state index contributed by atoms with van der Waals surface area (Å²) in [5, 5.41) is 10.7. The molecule has 1 heterocycles. The van der Waals surface area contributed by atoms with Gasteiger partial charge in [-0.15, -0.1) is 12.4 Å². The quantitative estimate of drug-likeness (QED) is 0.733. The highest BCUT2D eigenvalue weighted by molar-refractivity contribution is 5.85. The number of ether oxygens (including phenoxy) is 1. The second-order valence-electron chi connectivity index (χ2n) is 8.15. The molecule has 0 bridgehead atoms. The standard InChI is InChI=1S/C22H32N2O2.ClH/c25-18(16-26-19-11-5-2-6-12-19)15-24-21-14-8-7-13-20(21)23-22(24)17-9-3-1-4-10-17;/h7-8,13-14,17-19,25H,1-6,9-12,15-16H2;1H. The molecular formula is C22H33ClN2O2. The molecule has 0 aliphatic heterocycles. The zero-order valence-corrected chi connectivity index (χ0v) is 17.0. The largest absolute Gasteiger partial charge is 0.389 e. The number of hydrogen-bond acceptors (Lipinski definition) is 3. The van der Waals surface area contributed by atoms with Crippen molar-refractivity contribution >= 4 is 23.4 Å². The average Bonchev–Trinajstić information content (AvgIpc) is 3.06. The van der Waals surface area contributed by atoms with E-state index >= 15 is 0 Å². The van der Waals surface area contributed by atoms with Crippen molar-refractivity contribution < 1.29 is 9.84 Å². The van der Waals surface area contributed by atoms with Crippen molar-refractivity contribution in [3.63, 3.8) is 0 Å². The fourth-order valence-electron chi connectivity index (χ4n) is 4.70. The minimum Gasteiger partial charge on any atom is -0.389 e. The summed E-state index contributed by atoms with van der Waals surface area (Å²) in [6.45, 7) is 1.01. The Bertz CT molecular complexity index is 705. The van der Waals surface area contributed by atoms with Crippen molar-refractivity contribution in [2.24, 2.45) is 0 Å². The summed E-state index contributed by atoms with van der Waals surface area (Å²) < 4.78 is 8.27. The van der Waals surface area contributed by atoms with Crippen LogP contribution in [0, 0.1) is 0 Å². The molecule has 1 unspecified atom stereocenters. The van der Waals surface area contributed by atoms with Gasteiger partial charge in [-0.2, -0.15) is 0 Å². The molecule has 1 N–H and O–H groups in total. The molecule has 0 spiro atoms. The normalized spacial score (nSPS) is 20.5. The van der Waals surface area contributed by atoms with E-state index in [4.69, 9.17) is 9.72 Å². The van der Waals surface area contributed by atoms with Gasteiger partial charge >= 0.3 is 0 Å². The van der Waals surface area contributed by atoms with Crippen LogP contribution in [0.15, 0.2) is 24.3 Å². The molecule has 0 radical (unpaired) electrons. The van der Waals surface area contributed by atoms with Crippen molar-refractivity contribution in [1.82, 2.24) is 9.55 Å². The Hall–Kier alpha value is -1.10. The second-order valence-corrected chi connectivity index (χ2v) is 8.15. The molecule has 2 aromatic rings. The Kier molecular flexibility index (Phi) is 7.57. The van der Waals surface area contributed by atoms with Crippen LogP contribution in [0.2, 0.25) is 0 Å². The van der Waals surface area contributed by atoms with Crippen LogP contribution >= 0.6 is 12.4 Å². The molecule has 27 heavy (non-hydrogen) atoms. The van der Waals surface area contributed by atoms with E-state index in [9.17, 15) is 5.11 Å². The van der Waals surface area contributed by atoms with E-state index in [1.807, 2.05) is 6.07 Å². The molecule has 2 fully saturated rings. The molecule has 2 aliphatic carbocycles. The van der Waals surface area contributed by atoms with Gasteiger partial charge in [0.1, 0.15) is 5.82 Å². The van der Waals surface area contributed by atoms with Gasteiger partial charge in [0.25, 0.3) is 0 Å². The topological polar surface area (TPSA) is 47.3 Å². The van der Waals surface area contributed by atoms with Gasteiger partial charge in [-0.25, -0.2) is 4.98 Å². The molecule has 2 aliphatic rings. The van der Waals surface area contributed by atoms with Crippen LogP contribution in [0.1, 0.15) is 76.0 Å². The first-order chi connectivity index (χ1) is 12.8. The number of aromatic nitrogens is 2. The van der Waals surface area contributed by atoms with Gasteiger partial charge in [-0.1, -0.05) is 50.7 Å². The second kappa shape index (κ2) is 9.90. The van der Waals surface area contributed by atoms with Gasteiger partial charge in [0.15, 0.2) is 0 Å². The highest BCUT2D eigenvalue weighted by Crippen LogP contribution is 2.34. The maximum Gasteiger partial charge on any atom is 0.113 e. The number of aliphatic hydroxyl groups excluding tert-OH is 1. The Labute approximate surface area is 168 Å². The zero-order valence-electron chi connectivity index (χ0n) is 16.2. The van der Waals surface area contributed by atoms with Crippen LogP contribution in [-0.2, 0) is 11.3 Å². The molecule has 4 rings (SSSR count). The molecule has 0 saturated heterocycles. The van der Waals surface area contributed by atoms with Gasteiger partial charge < -0.3 is 14.4 Å².